The molecule has 0 aliphatic rings. The molecule has 0 saturated carbocycles. The Hall–Kier alpha value is -2.02. The molecule has 0 atom stereocenters. The molecule has 0 aromatic heterocycles. The molecule has 0 saturated heterocycles. The van der Waals surface area contributed by atoms with Gasteiger partial charge in [-0.05, 0) is 36.1 Å². The molecule has 0 spiro atoms. The van der Waals surface area contributed by atoms with E-state index in [4.69, 9.17) is 23.2 Å². The second-order valence-corrected chi connectivity index (χ2v) is 6.56. The molecule has 25 heavy (non-hydrogen) atoms. The van der Waals surface area contributed by atoms with Gasteiger partial charge < -0.3 is 5.32 Å². The summed E-state index contributed by atoms with van der Waals surface area (Å²) in [5.41, 5.74) is 3.50. The van der Waals surface area contributed by atoms with Gasteiger partial charge in [0, 0.05) is 4.90 Å². The number of hydrogen-bond donors (Lipinski definition) is 2. The van der Waals surface area contributed by atoms with Crippen molar-refractivity contribution in [1.82, 2.24) is 5.43 Å². The summed E-state index contributed by atoms with van der Waals surface area (Å²) in [6.45, 7) is 0. The summed E-state index contributed by atoms with van der Waals surface area (Å²) >= 11 is 13.5. The number of nitrogens with one attached hydrogen (secondary N) is 2. The van der Waals surface area contributed by atoms with Crippen molar-refractivity contribution in [2.24, 2.45) is 5.10 Å². The second-order valence-electron chi connectivity index (χ2n) is 4.89. The van der Waals surface area contributed by atoms with Crippen molar-refractivity contribution in [3.05, 3.63) is 58.1 Å². The Bertz CT molecular complexity index is 795. The van der Waals surface area contributed by atoms with Crippen molar-refractivity contribution >= 4 is 58.7 Å². The molecule has 130 valence electrons. The zero-order valence-electron chi connectivity index (χ0n) is 13.3. The van der Waals surface area contributed by atoms with Crippen molar-refractivity contribution in [3.8, 4) is 0 Å². The van der Waals surface area contributed by atoms with Gasteiger partial charge in [0.15, 0.2) is 0 Å². The molecule has 5 nitrogen and oxygen atoms in total. The van der Waals surface area contributed by atoms with Gasteiger partial charge in [-0.25, -0.2) is 5.43 Å². The molecule has 0 fully saturated rings. The highest BCUT2D eigenvalue weighted by atomic mass is 35.5. The minimum atomic E-state index is -0.535. The number of amides is 2. The normalized spacial score (nSPS) is 10.7. The number of halogens is 2. The number of rotatable bonds is 6. The van der Waals surface area contributed by atoms with Crippen LogP contribution in [0.3, 0.4) is 0 Å². The quantitative estimate of drug-likeness (QED) is 0.333. The molecule has 0 aliphatic carbocycles. The van der Waals surface area contributed by atoms with Crippen molar-refractivity contribution in [2.75, 3.05) is 11.6 Å². The number of anilines is 1. The SMILES string of the molecule is CSc1ccc(C=NNC(=O)CC(=O)Nc2cccc(Cl)c2Cl)cc1. The average Bonchev–Trinajstić information content (AvgIpc) is 2.59. The Morgan fingerprint density at radius 3 is 2.52 bits per heavy atom. The van der Waals surface area contributed by atoms with E-state index in [-0.39, 0.29) is 11.4 Å². The van der Waals surface area contributed by atoms with E-state index >= 15 is 0 Å². The van der Waals surface area contributed by atoms with Crippen LogP contribution >= 0.6 is 35.0 Å². The highest BCUT2D eigenvalue weighted by Gasteiger charge is 2.11. The maximum atomic E-state index is 11.9. The lowest BCUT2D eigenvalue weighted by atomic mass is 10.2. The molecule has 0 radical (unpaired) electrons. The maximum absolute atomic E-state index is 11.9. The summed E-state index contributed by atoms with van der Waals surface area (Å²) in [5, 5.41) is 6.91. The van der Waals surface area contributed by atoms with Gasteiger partial charge >= 0.3 is 0 Å². The second kappa shape index (κ2) is 9.46. The van der Waals surface area contributed by atoms with Crippen LogP contribution in [0, 0.1) is 0 Å². The summed E-state index contributed by atoms with van der Waals surface area (Å²) in [5.74, 6) is -1.05. The first-order chi connectivity index (χ1) is 12.0. The third-order valence-corrected chi connectivity index (χ3v) is 4.63. The highest BCUT2D eigenvalue weighted by molar-refractivity contribution is 7.98. The molecule has 0 unspecified atom stereocenters. The van der Waals surface area contributed by atoms with Gasteiger partial charge in [-0.15, -0.1) is 11.8 Å². The van der Waals surface area contributed by atoms with Crippen LogP contribution in [0.5, 0.6) is 0 Å². The molecule has 2 N–H and O–H groups in total. The Balaban J connectivity index is 1.83. The number of carbonyl (C=O) groups is 2. The van der Waals surface area contributed by atoms with Gasteiger partial charge in [0.05, 0.1) is 21.9 Å². The van der Waals surface area contributed by atoms with Crippen LogP contribution in [0.2, 0.25) is 10.0 Å². The molecular formula is C17H15Cl2N3O2S. The highest BCUT2D eigenvalue weighted by Crippen LogP contribution is 2.29. The maximum Gasteiger partial charge on any atom is 0.249 e. The summed E-state index contributed by atoms with van der Waals surface area (Å²) in [7, 11) is 0. The fraction of sp³-hybridized carbons (Fsp3) is 0.118. The van der Waals surface area contributed by atoms with Crippen molar-refractivity contribution in [3.63, 3.8) is 0 Å². The van der Waals surface area contributed by atoms with Crippen molar-refractivity contribution in [2.45, 2.75) is 11.3 Å². The van der Waals surface area contributed by atoms with Crippen LogP contribution in [0.1, 0.15) is 12.0 Å². The molecular weight excluding hydrogens is 381 g/mol. The van der Waals surface area contributed by atoms with E-state index in [1.807, 2.05) is 30.5 Å². The monoisotopic (exact) mass is 395 g/mol. The fourth-order valence-electron chi connectivity index (χ4n) is 1.85. The zero-order chi connectivity index (χ0) is 18.2. The minimum Gasteiger partial charge on any atom is -0.324 e. The molecule has 8 heteroatoms. The smallest absolute Gasteiger partial charge is 0.249 e. The van der Waals surface area contributed by atoms with E-state index < -0.39 is 11.8 Å². The number of thioether (sulfide) groups is 1. The van der Waals surface area contributed by atoms with Gasteiger partial charge in [-0.2, -0.15) is 5.10 Å². The van der Waals surface area contributed by atoms with E-state index in [0.29, 0.717) is 10.7 Å². The summed E-state index contributed by atoms with van der Waals surface area (Å²) < 4.78 is 0. The number of hydrazone groups is 1. The molecule has 2 aromatic rings. The van der Waals surface area contributed by atoms with Gasteiger partial charge in [0.25, 0.3) is 0 Å². The van der Waals surface area contributed by atoms with Crippen LogP contribution in [0.25, 0.3) is 0 Å². The van der Waals surface area contributed by atoms with Crippen LogP contribution in [-0.2, 0) is 9.59 Å². The average molecular weight is 396 g/mol. The predicted molar refractivity (Wildman–Crippen MR) is 104 cm³/mol. The molecule has 2 aromatic carbocycles. The number of benzene rings is 2. The van der Waals surface area contributed by atoms with Crippen LogP contribution in [0.4, 0.5) is 5.69 Å². The van der Waals surface area contributed by atoms with E-state index in [0.717, 1.165) is 10.5 Å². The number of carbonyl (C=O) groups excluding carboxylic acids is 2. The number of hydrogen-bond acceptors (Lipinski definition) is 4. The van der Waals surface area contributed by atoms with Gasteiger partial charge in [0.2, 0.25) is 11.8 Å². The minimum absolute atomic E-state index is 0.227. The molecule has 2 rings (SSSR count). The Labute approximate surface area is 159 Å². The lowest BCUT2D eigenvalue weighted by Gasteiger charge is -2.07. The van der Waals surface area contributed by atoms with E-state index in [2.05, 4.69) is 15.8 Å². The Kier molecular flexibility index (Phi) is 7.31. The largest absolute Gasteiger partial charge is 0.324 e. The molecule has 0 aliphatic heterocycles. The van der Waals surface area contributed by atoms with Crippen LogP contribution in [-0.4, -0.2) is 24.3 Å². The van der Waals surface area contributed by atoms with Crippen LogP contribution in [0.15, 0.2) is 52.5 Å². The number of nitrogens with zero attached hydrogens (tertiary/aromatic N) is 1. The first-order valence-electron chi connectivity index (χ1n) is 7.19. The lowest BCUT2D eigenvalue weighted by molar-refractivity contribution is -0.126. The summed E-state index contributed by atoms with van der Waals surface area (Å²) in [4.78, 5) is 24.7. The molecule has 0 heterocycles. The molecule has 2 amide bonds. The predicted octanol–water partition coefficient (Wildman–Crippen LogP) is 4.19. The standard InChI is InChI=1S/C17H15Cl2N3O2S/c1-25-12-7-5-11(6-8-12)10-20-22-16(24)9-15(23)21-14-4-2-3-13(18)17(14)19/h2-8,10H,9H2,1H3,(H,21,23)(H,22,24). The molecule has 0 bridgehead atoms. The Morgan fingerprint density at radius 2 is 1.84 bits per heavy atom. The third-order valence-electron chi connectivity index (χ3n) is 3.07. The topological polar surface area (TPSA) is 70.6 Å². The van der Waals surface area contributed by atoms with Crippen LogP contribution < -0.4 is 10.7 Å². The zero-order valence-corrected chi connectivity index (χ0v) is 15.6. The van der Waals surface area contributed by atoms with E-state index in [1.54, 1.807) is 30.0 Å². The van der Waals surface area contributed by atoms with E-state index in [9.17, 15) is 9.59 Å². The van der Waals surface area contributed by atoms with Crippen molar-refractivity contribution in [1.29, 1.82) is 0 Å². The summed E-state index contributed by atoms with van der Waals surface area (Å²) in [6, 6.07) is 12.5. The van der Waals surface area contributed by atoms with Crippen molar-refractivity contribution < 1.29 is 9.59 Å². The third kappa shape index (κ3) is 6.08. The summed E-state index contributed by atoms with van der Waals surface area (Å²) in [6.07, 6.45) is 3.12. The van der Waals surface area contributed by atoms with Gasteiger partial charge in [-0.1, -0.05) is 41.4 Å². The van der Waals surface area contributed by atoms with E-state index in [1.165, 1.54) is 6.21 Å². The van der Waals surface area contributed by atoms with Gasteiger partial charge in [-0.3, -0.25) is 9.59 Å². The first-order valence-corrected chi connectivity index (χ1v) is 9.17. The Morgan fingerprint density at radius 1 is 1.12 bits per heavy atom. The first kappa shape index (κ1) is 19.3. The lowest BCUT2D eigenvalue weighted by Crippen LogP contribution is -2.24. The fourth-order valence-corrected chi connectivity index (χ4v) is 2.60. The van der Waals surface area contributed by atoms with Gasteiger partial charge in [0.1, 0.15) is 6.42 Å².